The molecule has 22 heavy (non-hydrogen) atoms. The lowest BCUT2D eigenvalue weighted by atomic mass is 9.72. The Morgan fingerprint density at radius 1 is 1.36 bits per heavy atom. The molecular formula is C16H27NO5. The van der Waals surface area contributed by atoms with Gasteiger partial charge in [-0.15, -0.1) is 0 Å². The Balaban J connectivity index is 1.61. The third kappa shape index (κ3) is 4.95. The minimum absolute atomic E-state index is 0.0995. The van der Waals surface area contributed by atoms with Crippen molar-refractivity contribution in [1.29, 1.82) is 0 Å². The standard InChI is InChI=1S/C16H27NO5/c1-12(9-14(18)17-8-5-15(19)20-2)21-10-16-6-3-13(4-7-16)22-11-16/h12-13H,3-11H2,1-2H3,(H,17,18). The fraction of sp³-hybridized carbons (Fsp3) is 0.875. The van der Waals surface area contributed by atoms with E-state index in [-0.39, 0.29) is 29.8 Å². The smallest absolute Gasteiger partial charge is 0.307 e. The van der Waals surface area contributed by atoms with Crippen LogP contribution >= 0.6 is 0 Å². The third-order valence-corrected chi connectivity index (χ3v) is 4.64. The van der Waals surface area contributed by atoms with Gasteiger partial charge in [-0.05, 0) is 32.6 Å². The summed E-state index contributed by atoms with van der Waals surface area (Å²) in [5.41, 5.74) is 0.157. The highest BCUT2D eigenvalue weighted by Gasteiger charge is 2.41. The van der Waals surface area contributed by atoms with Crippen LogP contribution in [0.1, 0.15) is 45.4 Å². The van der Waals surface area contributed by atoms with Crippen molar-refractivity contribution in [2.75, 3.05) is 26.9 Å². The molecule has 1 saturated carbocycles. The van der Waals surface area contributed by atoms with Crippen LogP contribution in [-0.2, 0) is 23.8 Å². The summed E-state index contributed by atoms with van der Waals surface area (Å²) >= 11 is 0. The molecule has 1 aliphatic carbocycles. The van der Waals surface area contributed by atoms with Gasteiger partial charge in [-0.2, -0.15) is 0 Å². The van der Waals surface area contributed by atoms with Crippen molar-refractivity contribution in [2.45, 2.75) is 57.7 Å². The molecule has 126 valence electrons. The molecule has 1 atom stereocenters. The van der Waals surface area contributed by atoms with Gasteiger partial charge in [0, 0.05) is 12.0 Å². The summed E-state index contributed by atoms with van der Waals surface area (Å²) in [5, 5.41) is 2.70. The topological polar surface area (TPSA) is 73.9 Å². The first-order valence-corrected chi connectivity index (χ1v) is 8.10. The van der Waals surface area contributed by atoms with Gasteiger partial charge in [0.1, 0.15) is 0 Å². The van der Waals surface area contributed by atoms with Gasteiger partial charge >= 0.3 is 5.97 Å². The van der Waals surface area contributed by atoms with Crippen molar-refractivity contribution in [1.82, 2.24) is 5.32 Å². The monoisotopic (exact) mass is 313 g/mol. The number of carbonyl (C=O) groups is 2. The van der Waals surface area contributed by atoms with E-state index in [1.54, 1.807) is 0 Å². The Morgan fingerprint density at radius 3 is 2.68 bits per heavy atom. The molecule has 1 unspecified atom stereocenters. The van der Waals surface area contributed by atoms with E-state index >= 15 is 0 Å². The number of nitrogens with one attached hydrogen (secondary N) is 1. The minimum atomic E-state index is -0.323. The molecule has 2 saturated heterocycles. The summed E-state index contributed by atoms with van der Waals surface area (Å²) in [5.74, 6) is -0.422. The van der Waals surface area contributed by atoms with Crippen LogP contribution in [0.3, 0.4) is 0 Å². The van der Waals surface area contributed by atoms with E-state index in [2.05, 4.69) is 10.1 Å². The summed E-state index contributed by atoms with van der Waals surface area (Å²) in [6.07, 6.45) is 5.41. The zero-order chi connectivity index (χ0) is 16.0. The van der Waals surface area contributed by atoms with Crippen LogP contribution in [0.4, 0.5) is 0 Å². The van der Waals surface area contributed by atoms with E-state index in [1.165, 1.54) is 7.11 Å². The van der Waals surface area contributed by atoms with Crippen molar-refractivity contribution in [3.05, 3.63) is 0 Å². The molecule has 3 aliphatic rings. The second kappa shape index (κ2) is 7.92. The molecule has 0 aromatic rings. The number of methoxy groups -OCH3 is 1. The Kier molecular flexibility index (Phi) is 6.20. The number of carbonyl (C=O) groups excluding carboxylic acids is 2. The van der Waals surface area contributed by atoms with Gasteiger partial charge in [-0.25, -0.2) is 0 Å². The fourth-order valence-electron chi connectivity index (χ4n) is 3.11. The van der Waals surface area contributed by atoms with Crippen molar-refractivity contribution in [2.24, 2.45) is 5.41 Å². The summed E-state index contributed by atoms with van der Waals surface area (Å²) in [4.78, 5) is 22.7. The maximum atomic E-state index is 11.8. The first kappa shape index (κ1) is 17.2. The average Bonchev–Trinajstić information content (AvgIpc) is 2.54. The molecule has 0 aromatic heterocycles. The molecule has 0 aromatic carbocycles. The first-order valence-electron chi connectivity index (χ1n) is 8.10. The maximum Gasteiger partial charge on any atom is 0.307 e. The van der Waals surface area contributed by atoms with E-state index < -0.39 is 0 Å². The number of fused-ring (bicyclic) bond motifs is 3. The van der Waals surface area contributed by atoms with Crippen molar-refractivity contribution >= 4 is 11.9 Å². The predicted octanol–water partition coefficient (Wildman–Crippen LogP) is 1.42. The number of hydrogen-bond acceptors (Lipinski definition) is 5. The number of esters is 1. The maximum absolute atomic E-state index is 11.8. The highest BCUT2D eigenvalue weighted by atomic mass is 16.5. The zero-order valence-electron chi connectivity index (χ0n) is 13.6. The molecule has 0 spiro atoms. The number of rotatable bonds is 8. The molecule has 3 rings (SSSR count). The van der Waals surface area contributed by atoms with Crippen LogP contribution in [0.2, 0.25) is 0 Å². The quantitative estimate of drug-likeness (QED) is 0.686. The molecule has 6 heteroatoms. The van der Waals surface area contributed by atoms with Crippen LogP contribution < -0.4 is 5.32 Å². The second-order valence-electron chi connectivity index (χ2n) is 6.51. The van der Waals surface area contributed by atoms with Crippen LogP contribution in [0.5, 0.6) is 0 Å². The lowest BCUT2D eigenvalue weighted by Gasteiger charge is -2.46. The van der Waals surface area contributed by atoms with Gasteiger partial charge < -0.3 is 19.5 Å². The Morgan fingerprint density at radius 2 is 2.09 bits per heavy atom. The van der Waals surface area contributed by atoms with E-state index in [1.807, 2.05) is 6.92 Å². The summed E-state index contributed by atoms with van der Waals surface area (Å²) in [7, 11) is 1.34. The van der Waals surface area contributed by atoms with Crippen LogP contribution in [0.15, 0.2) is 0 Å². The highest BCUT2D eigenvalue weighted by Crippen LogP contribution is 2.43. The van der Waals surface area contributed by atoms with Gasteiger partial charge in [-0.1, -0.05) is 0 Å². The van der Waals surface area contributed by atoms with Gasteiger partial charge in [-0.3, -0.25) is 9.59 Å². The molecule has 3 fully saturated rings. The normalized spacial score (nSPS) is 28.2. The predicted molar refractivity (Wildman–Crippen MR) is 80.3 cm³/mol. The number of hydrogen-bond donors (Lipinski definition) is 1. The van der Waals surface area contributed by atoms with Crippen molar-refractivity contribution < 1.29 is 23.8 Å². The molecule has 1 N–H and O–H groups in total. The molecule has 2 heterocycles. The van der Waals surface area contributed by atoms with Gasteiger partial charge in [0.05, 0.1) is 45.4 Å². The SMILES string of the molecule is COC(=O)CCNC(=O)CC(C)OCC12CCC(CC1)OC2. The van der Waals surface area contributed by atoms with Crippen molar-refractivity contribution in [3.8, 4) is 0 Å². The second-order valence-corrected chi connectivity index (χ2v) is 6.51. The van der Waals surface area contributed by atoms with E-state index in [4.69, 9.17) is 9.47 Å². The zero-order valence-corrected chi connectivity index (χ0v) is 13.6. The van der Waals surface area contributed by atoms with Crippen LogP contribution in [0, 0.1) is 5.41 Å². The van der Waals surface area contributed by atoms with E-state index in [9.17, 15) is 9.59 Å². The van der Waals surface area contributed by atoms with Gasteiger partial charge in [0.15, 0.2) is 0 Å². The number of amides is 1. The lowest BCUT2D eigenvalue weighted by Crippen LogP contribution is -2.46. The largest absolute Gasteiger partial charge is 0.469 e. The first-order chi connectivity index (χ1) is 10.5. The van der Waals surface area contributed by atoms with E-state index in [0.717, 1.165) is 32.3 Å². The summed E-state index contributed by atoms with van der Waals surface area (Å²) < 4.78 is 16.2. The Hall–Kier alpha value is -1.14. The average molecular weight is 313 g/mol. The Labute approximate surface area is 131 Å². The molecule has 2 aliphatic heterocycles. The Bertz CT molecular complexity index is 376. The third-order valence-electron chi connectivity index (χ3n) is 4.64. The molecule has 1 amide bonds. The lowest BCUT2D eigenvalue weighted by molar-refractivity contribution is -0.150. The molecule has 2 bridgehead atoms. The number of ether oxygens (including phenoxy) is 3. The molecular weight excluding hydrogens is 286 g/mol. The van der Waals surface area contributed by atoms with E-state index in [0.29, 0.717) is 25.7 Å². The summed E-state index contributed by atoms with van der Waals surface area (Å²) in [6, 6.07) is 0. The van der Waals surface area contributed by atoms with Crippen molar-refractivity contribution in [3.63, 3.8) is 0 Å². The van der Waals surface area contributed by atoms with Crippen LogP contribution in [0.25, 0.3) is 0 Å². The van der Waals surface area contributed by atoms with Gasteiger partial charge in [0.25, 0.3) is 0 Å². The van der Waals surface area contributed by atoms with Crippen LogP contribution in [-0.4, -0.2) is 51.0 Å². The minimum Gasteiger partial charge on any atom is -0.469 e. The fourth-order valence-corrected chi connectivity index (χ4v) is 3.11. The molecule has 6 nitrogen and oxygen atoms in total. The van der Waals surface area contributed by atoms with Gasteiger partial charge in [0.2, 0.25) is 5.91 Å². The highest BCUT2D eigenvalue weighted by molar-refractivity contribution is 5.77. The summed E-state index contributed by atoms with van der Waals surface area (Å²) in [6.45, 7) is 3.66. The molecule has 0 radical (unpaired) electrons.